The number of ether oxygens (including phenoxy) is 2. The van der Waals surface area contributed by atoms with Gasteiger partial charge in [-0.15, -0.1) is 0 Å². The van der Waals surface area contributed by atoms with E-state index < -0.39 is 69.2 Å². The molecule has 1 atom stereocenters. The Morgan fingerprint density at radius 1 is 1.10 bits per heavy atom. The standard InChI is InChI=1S/C18H14F5NO6S/c19-13-14(20)16(22)18(17(23)15(13)21)31(27,28)24-6-11-10-2-1-9(30-7-12(25)26)5-8(10)3-4-29-11/h1-2,5,11,24H,3-4,6-7H2,(H,25,26). The molecule has 1 aliphatic heterocycles. The molecule has 0 fully saturated rings. The van der Waals surface area contributed by atoms with E-state index in [4.69, 9.17) is 14.6 Å². The molecular formula is C18H14F5NO6S. The Balaban J connectivity index is 1.82. The van der Waals surface area contributed by atoms with Gasteiger partial charge in [-0.05, 0) is 29.7 Å². The average molecular weight is 467 g/mol. The molecule has 0 saturated heterocycles. The quantitative estimate of drug-likeness (QED) is 0.369. The summed E-state index contributed by atoms with van der Waals surface area (Å²) in [6.07, 6.45) is -0.547. The molecule has 0 saturated carbocycles. The van der Waals surface area contributed by atoms with Crippen LogP contribution in [0.1, 0.15) is 17.2 Å². The van der Waals surface area contributed by atoms with E-state index in [1.807, 2.05) is 0 Å². The van der Waals surface area contributed by atoms with Crippen LogP contribution >= 0.6 is 0 Å². The second-order valence-corrected chi connectivity index (χ2v) is 8.11. The van der Waals surface area contributed by atoms with E-state index in [-0.39, 0.29) is 12.4 Å². The van der Waals surface area contributed by atoms with Crippen LogP contribution < -0.4 is 9.46 Å². The van der Waals surface area contributed by atoms with Gasteiger partial charge in [0.25, 0.3) is 0 Å². The van der Waals surface area contributed by atoms with Gasteiger partial charge in [0.2, 0.25) is 15.8 Å². The van der Waals surface area contributed by atoms with Crippen LogP contribution in [0.5, 0.6) is 5.75 Å². The smallest absolute Gasteiger partial charge is 0.341 e. The van der Waals surface area contributed by atoms with Crippen LogP contribution in [0.4, 0.5) is 22.0 Å². The van der Waals surface area contributed by atoms with Crippen molar-refractivity contribution in [1.29, 1.82) is 0 Å². The van der Waals surface area contributed by atoms with Crippen molar-refractivity contribution in [2.75, 3.05) is 19.8 Å². The summed E-state index contributed by atoms with van der Waals surface area (Å²) in [7, 11) is -5.13. The van der Waals surface area contributed by atoms with E-state index in [1.54, 1.807) is 4.72 Å². The lowest BCUT2D eigenvalue weighted by atomic mass is 9.97. The summed E-state index contributed by atoms with van der Waals surface area (Å²) in [5, 5.41) is 8.65. The maximum absolute atomic E-state index is 13.8. The molecule has 0 aromatic heterocycles. The zero-order valence-corrected chi connectivity index (χ0v) is 16.2. The van der Waals surface area contributed by atoms with E-state index in [9.17, 15) is 35.2 Å². The molecule has 0 bridgehead atoms. The first kappa shape index (κ1) is 22.9. The van der Waals surface area contributed by atoms with Crippen molar-refractivity contribution in [2.24, 2.45) is 0 Å². The van der Waals surface area contributed by atoms with Crippen molar-refractivity contribution in [2.45, 2.75) is 17.4 Å². The van der Waals surface area contributed by atoms with Crippen molar-refractivity contribution in [3.63, 3.8) is 0 Å². The summed E-state index contributed by atoms with van der Waals surface area (Å²) in [5.74, 6) is -13.1. The number of benzene rings is 2. The summed E-state index contributed by atoms with van der Waals surface area (Å²) in [6, 6.07) is 4.44. The molecule has 2 aromatic carbocycles. The second kappa shape index (κ2) is 8.77. The van der Waals surface area contributed by atoms with E-state index in [1.165, 1.54) is 18.2 Å². The topological polar surface area (TPSA) is 102 Å². The van der Waals surface area contributed by atoms with Crippen molar-refractivity contribution in [1.82, 2.24) is 4.72 Å². The first-order valence-corrected chi connectivity index (χ1v) is 10.1. The van der Waals surface area contributed by atoms with Gasteiger partial charge in [-0.2, -0.15) is 0 Å². The fourth-order valence-electron chi connectivity index (χ4n) is 3.00. The van der Waals surface area contributed by atoms with Crippen molar-refractivity contribution in [3.8, 4) is 5.75 Å². The lowest BCUT2D eigenvalue weighted by molar-refractivity contribution is -0.139. The molecular weight excluding hydrogens is 453 g/mol. The van der Waals surface area contributed by atoms with Crippen LogP contribution in [-0.2, 0) is 26.0 Å². The van der Waals surface area contributed by atoms with Crippen LogP contribution in [0.3, 0.4) is 0 Å². The monoisotopic (exact) mass is 467 g/mol. The predicted molar refractivity (Wildman–Crippen MR) is 93.4 cm³/mol. The second-order valence-electron chi connectivity index (χ2n) is 6.40. The average Bonchev–Trinajstić information content (AvgIpc) is 2.73. The Labute approximate surface area is 172 Å². The minimum absolute atomic E-state index is 0.129. The van der Waals surface area contributed by atoms with Gasteiger partial charge >= 0.3 is 5.97 Å². The lowest BCUT2D eigenvalue weighted by Crippen LogP contribution is -2.33. The third-order valence-corrected chi connectivity index (χ3v) is 5.85. The molecule has 0 amide bonds. The largest absolute Gasteiger partial charge is 0.482 e. The molecule has 2 N–H and O–H groups in total. The number of carboxylic acid groups (broad SMARTS) is 1. The molecule has 1 unspecified atom stereocenters. The molecule has 0 aliphatic carbocycles. The Bertz CT molecular complexity index is 1110. The fraction of sp³-hybridized carbons (Fsp3) is 0.278. The molecule has 0 radical (unpaired) electrons. The van der Waals surface area contributed by atoms with Crippen LogP contribution in [0.2, 0.25) is 0 Å². The molecule has 1 aliphatic rings. The van der Waals surface area contributed by atoms with Crippen LogP contribution in [0, 0.1) is 29.1 Å². The zero-order chi connectivity index (χ0) is 22.9. The van der Waals surface area contributed by atoms with Gasteiger partial charge in [0, 0.05) is 6.54 Å². The first-order valence-electron chi connectivity index (χ1n) is 8.63. The highest BCUT2D eigenvalue weighted by molar-refractivity contribution is 7.89. The van der Waals surface area contributed by atoms with E-state index in [0.29, 0.717) is 17.5 Å². The third-order valence-electron chi connectivity index (χ3n) is 4.41. The van der Waals surface area contributed by atoms with Gasteiger partial charge in [-0.1, -0.05) is 6.07 Å². The first-order chi connectivity index (χ1) is 14.5. The maximum atomic E-state index is 13.8. The van der Waals surface area contributed by atoms with E-state index >= 15 is 0 Å². The van der Waals surface area contributed by atoms with Gasteiger partial charge in [0.15, 0.2) is 34.8 Å². The van der Waals surface area contributed by atoms with Crippen LogP contribution in [-0.4, -0.2) is 39.3 Å². The minimum atomic E-state index is -5.13. The Morgan fingerprint density at radius 2 is 1.71 bits per heavy atom. The Kier molecular flexibility index (Phi) is 6.48. The van der Waals surface area contributed by atoms with Crippen molar-refractivity contribution in [3.05, 3.63) is 58.4 Å². The number of rotatable bonds is 7. The summed E-state index contributed by atoms with van der Waals surface area (Å²) in [4.78, 5) is 8.60. The normalized spacial score (nSPS) is 16.1. The summed E-state index contributed by atoms with van der Waals surface area (Å²) >= 11 is 0. The SMILES string of the molecule is O=C(O)COc1ccc2c(c1)CCOC2CNS(=O)(=O)c1c(F)c(F)c(F)c(F)c1F. The number of aliphatic carboxylic acids is 1. The molecule has 7 nitrogen and oxygen atoms in total. The van der Waals surface area contributed by atoms with Crippen molar-refractivity contribution >= 4 is 16.0 Å². The highest BCUT2D eigenvalue weighted by Gasteiger charge is 2.34. The highest BCUT2D eigenvalue weighted by atomic mass is 32.2. The fourth-order valence-corrected chi connectivity index (χ4v) is 4.16. The van der Waals surface area contributed by atoms with Gasteiger partial charge in [-0.25, -0.2) is 39.9 Å². The molecule has 2 aromatic rings. The number of nitrogens with one attached hydrogen (secondary N) is 1. The molecule has 31 heavy (non-hydrogen) atoms. The summed E-state index contributed by atoms with van der Waals surface area (Å²) in [6.45, 7) is -1.01. The van der Waals surface area contributed by atoms with Gasteiger partial charge in [0.1, 0.15) is 5.75 Å². The Morgan fingerprint density at radius 3 is 2.32 bits per heavy atom. The number of hydrogen-bond donors (Lipinski definition) is 2. The zero-order valence-electron chi connectivity index (χ0n) is 15.4. The number of fused-ring (bicyclic) bond motifs is 1. The minimum Gasteiger partial charge on any atom is -0.482 e. The van der Waals surface area contributed by atoms with Crippen LogP contribution in [0.15, 0.2) is 23.1 Å². The van der Waals surface area contributed by atoms with Gasteiger partial charge in [0.05, 0.1) is 12.7 Å². The van der Waals surface area contributed by atoms with E-state index in [0.717, 1.165) is 0 Å². The van der Waals surface area contributed by atoms with Gasteiger partial charge < -0.3 is 14.6 Å². The molecule has 3 rings (SSSR count). The lowest BCUT2D eigenvalue weighted by Gasteiger charge is -2.26. The molecule has 1 heterocycles. The number of carboxylic acids is 1. The van der Waals surface area contributed by atoms with E-state index in [2.05, 4.69) is 0 Å². The Hall–Kier alpha value is -2.77. The van der Waals surface area contributed by atoms with Crippen LogP contribution in [0.25, 0.3) is 0 Å². The molecule has 168 valence electrons. The molecule has 13 heteroatoms. The number of hydrogen-bond acceptors (Lipinski definition) is 5. The van der Waals surface area contributed by atoms with Gasteiger partial charge in [-0.3, -0.25) is 0 Å². The number of sulfonamides is 1. The molecule has 0 spiro atoms. The van der Waals surface area contributed by atoms with Crippen molar-refractivity contribution < 1.29 is 49.7 Å². The summed E-state index contributed by atoms with van der Waals surface area (Å²) < 4.78 is 104. The number of halogens is 5. The number of carbonyl (C=O) groups is 1. The highest BCUT2D eigenvalue weighted by Crippen LogP contribution is 2.31. The summed E-state index contributed by atoms with van der Waals surface area (Å²) in [5.41, 5.74) is 1.13. The maximum Gasteiger partial charge on any atom is 0.341 e. The predicted octanol–water partition coefficient (Wildman–Crippen LogP) is 2.44. The third kappa shape index (κ3) is 4.62.